The number of aliphatic hydroxyl groups is 1. The molecule has 0 heterocycles. The highest BCUT2D eigenvalue weighted by atomic mass is 16.5. The van der Waals surface area contributed by atoms with Crippen LogP contribution < -0.4 is 5.32 Å². The predicted octanol–water partition coefficient (Wildman–Crippen LogP) is 4.12. The topological polar surface area (TPSA) is 75.6 Å². The highest BCUT2D eigenvalue weighted by Gasteiger charge is 2.60. The standard InChI is InChI=1S/C26H43NO4/c1-16(27-13-14-28)24(30)31-19-9-11-25(3)18(15-19)5-6-20-22-8-7-21(17(2)29)26(22,4)12-10-23(20)25/h16,18-23,27-28H,5-15H2,1-4H3/t16?,18-,19+,20-,21+,22-,23-,25-,26+/m0/s1. The number of fused-ring (bicyclic) bond motifs is 5. The first-order chi connectivity index (χ1) is 14.7. The van der Waals surface area contributed by atoms with Crippen LogP contribution in [0, 0.1) is 40.4 Å². The highest BCUT2D eigenvalue weighted by Crippen LogP contribution is 2.67. The smallest absolute Gasteiger partial charge is 0.323 e. The Labute approximate surface area is 188 Å². The van der Waals surface area contributed by atoms with Crippen molar-refractivity contribution in [2.75, 3.05) is 13.2 Å². The molecule has 0 aromatic heterocycles. The van der Waals surface area contributed by atoms with Gasteiger partial charge in [0.25, 0.3) is 0 Å². The van der Waals surface area contributed by atoms with Crippen LogP contribution in [0.5, 0.6) is 0 Å². The van der Waals surface area contributed by atoms with Gasteiger partial charge in [-0.1, -0.05) is 13.8 Å². The Morgan fingerprint density at radius 1 is 1.03 bits per heavy atom. The fourth-order valence-corrected chi connectivity index (χ4v) is 8.62. The van der Waals surface area contributed by atoms with Crippen molar-refractivity contribution in [1.82, 2.24) is 5.32 Å². The Bertz CT molecular complexity index is 695. The van der Waals surface area contributed by atoms with E-state index in [4.69, 9.17) is 9.84 Å². The summed E-state index contributed by atoms with van der Waals surface area (Å²) in [5.74, 6) is 3.38. The Hall–Kier alpha value is -0.940. The lowest BCUT2D eigenvalue weighted by atomic mass is 9.44. The third-order valence-corrected chi connectivity index (χ3v) is 10.3. The van der Waals surface area contributed by atoms with Gasteiger partial charge in [-0.05, 0) is 106 Å². The van der Waals surface area contributed by atoms with Crippen LogP contribution in [-0.2, 0) is 14.3 Å². The molecule has 4 fully saturated rings. The maximum Gasteiger partial charge on any atom is 0.323 e. The molecule has 0 spiro atoms. The first-order valence-corrected chi connectivity index (χ1v) is 12.8. The lowest BCUT2D eigenvalue weighted by Crippen LogP contribution is -2.54. The van der Waals surface area contributed by atoms with E-state index in [-0.39, 0.29) is 36.1 Å². The summed E-state index contributed by atoms with van der Waals surface area (Å²) in [5.41, 5.74) is 0.572. The molecule has 4 aliphatic carbocycles. The van der Waals surface area contributed by atoms with Gasteiger partial charge >= 0.3 is 5.97 Å². The summed E-state index contributed by atoms with van der Waals surface area (Å²) in [7, 11) is 0. The second-order valence-corrected chi connectivity index (χ2v) is 11.7. The van der Waals surface area contributed by atoms with Gasteiger partial charge in [-0.2, -0.15) is 0 Å². The number of nitrogens with one attached hydrogen (secondary N) is 1. The van der Waals surface area contributed by atoms with Crippen LogP contribution in [0.2, 0.25) is 0 Å². The minimum atomic E-state index is -0.371. The van der Waals surface area contributed by atoms with Crippen LogP contribution in [0.1, 0.15) is 85.5 Å². The molecule has 2 N–H and O–H groups in total. The van der Waals surface area contributed by atoms with Crippen LogP contribution in [0.4, 0.5) is 0 Å². The van der Waals surface area contributed by atoms with E-state index in [1.165, 1.54) is 32.1 Å². The van der Waals surface area contributed by atoms with Crippen LogP contribution in [-0.4, -0.2) is 42.2 Å². The Balaban J connectivity index is 1.41. The van der Waals surface area contributed by atoms with E-state index < -0.39 is 0 Å². The van der Waals surface area contributed by atoms with E-state index >= 15 is 0 Å². The zero-order valence-corrected chi connectivity index (χ0v) is 20.0. The minimum absolute atomic E-state index is 0.0250. The van der Waals surface area contributed by atoms with Gasteiger partial charge in [-0.15, -0.1) is 0 Å². The van der Waals surface area contributed by atoms with E-state index in [1.807, 2.05) is 13.8 Å². The van der Waals surface area contributed by atoms with Gasteiger partial charge in [0, 0.05) is 12.5 Å². The molecule has 0 saturated heterocycles. The molecule has 176 valence electrons. The van der Waals surface area contributed by atoms with Gasteiger partial charge in [0.2, 0.25) is 0 Å². The second kappa shape index (κ2) is 8.78. The number of esters is 1. The number of hydrogen-bond acceptors (Lipinski definition) is 5. The van der Waals surface area contributed by atoms with Crippen molar-refractivity contribution in [1.29, 1.82) is 0 Å². The molecule has 0 amide bonds. The number of aliphatic hydroxyl groups excluding tert-OH is 1. The summed E-state index contributed by atoms with van der Waals surface area (Å²) < 4.78 is 5.89. The Morgan fingerprint density at radius 3 is 2.45 bits per heavy atom. The maximum atomic E-state index is 12.4. The minimum Gasteiger partial charge on any atom is -0.461 e. The van der Waals surface area contributed by atoms with Crippen molar-refractivity contribution < 1.29 is 19.4 Å². The average Bonchev–Trinajstić information content (AvgIpc) is 3.09. The molecule has 0 aromatic carbocycles. The fraction of sp³-hybridized carbons (Fsp3) is 0.923. The van der Waals surface area contributed by atoms with Gasteiger partial charge in [0.15, 0.2) is 0 Å². The zero-order valence-electron chi connectivity index (χ0n) is 20.0. The molecule has 5 nitrogen and oxygen atoms in total. The van der Waals surface area contributed by atoms with Crippen molar-refractivity contribution in [3.8, 4) is 0 Å². The second-order valence-electron chi connectivity index (χ2n) is 11.7. The molecule has 1 unspecified atom stereocenters. The molecule has 9 atom stereocenters. The zero-order chi connectivity index (χ0) is 22.4. The fourth-order valence-electron chi connectivity index (χ4n) is 8.62. The summed E-state index contributed by atoms with van der Waals surface area (Å²) in [6, 6.07) is -0.371. The van der Waals surface area contributed by atoms with Crippen LogP contribution >= 0.6 is 0 Å². The summed E-state index contributed by atoms with van der Waals surface area (Å²) in [5, 5.41) is 12.0. The van der Waals surface area contributed by atoms with Crippen molar-refractivity contribution in [3.63, 3.8) is 0 Å². The predicted molar refractivity (Wildman–Crippen MR) is 120 cm³/mol. The van der Waals surface area contributed by atoms with E-state index in [0.717, 1.165) is 37.5 Å². The van der Waals surface area contributed by atoms with Gasteiger partial charge in [0.05, 0.1) is 6.61 Å². The molecule has 0 bridgehead atoms. The number of carbonyl (C=O) groups excluding carboxylic acids is 2. The molecule has 4 saturated carbocycles. The van der Waals surface area contributed by atoms with Crippen molar-refractivity contribution in [3.05, 3.63) is 0 Å². The first kappa shape index (κ1) is 23.2. The molecule has 4 rings (SSSR count). The highest BCUT2D eigenvalue weighted by molar-refractivity contribution is 5.79. The summed E-state index contributed by atoms with van der Waals surface area (Å²) in [6.45, 7) is 9.00. The van der Waals surface area contributed by atoms with Gasteiger partial charge < -0.3 is 15.2 Å². The number of ketones is 1. The van der Waals surface area contributed by atoms with Crippen molar-refractivity contribution >= 4 is 11.8 Å². The monoisotopic (exact) mass is 433 g/mol. The maximum absolute atomic E-state index is 12.4. The third kappa shape index (κ3) is 3.99. The van der Waals surface area contributed by atoms with Crippen molar-refractivity contribution in [2.45, 2.75) is 97.6 Å². The number of carbonyl (C=O) groups is 2. The quantitative estimate of drug-likeness (QED) is 0.617. The number of ether oxygens (including phenoxy) is 1. The van der Waals surface area contributed by atoms with Crippen LogP contribution in [0.25, 0.3) is 0 Å². The molecule has 0 radical (unpaired) electrons. The normalized spacial score (nSPS) is 45.2. The van der Waals surface area contributed by atoms with Gasteiger partial charge in [-0.3, -0.25) is 9.59 Å². The third-order valence-electron chi connectivity index (χ3n) is 10.3. The van der Waals surface area contributed by atoms with Gasteiger partial charge in [0.1, 0.15) is 17.9 Å². The van der Waals surface area contributed by atoms with E-state index in [9.17, 15) is 9.59 Å². The average molecular weight is 434 g/mol. The van der Waals surface area contributed by atoms with Gasteiger partial charge in [-0.25, -0.2) is 0 Å². The number of Topliss-reactive ketones (excluding diaryl/α,β-unsaturated/α-hetero) is 1. The van der Waals surface area contributed by atoms with E-state index in [1.54, 1.807) is 0 Å². The molecule has 0 aliphatic heterocycles. The first-order valence-electron chi connectivity index (χ1n) is 12.8. The molecule has 5 heteroatoms. The Kier molecular flexibility index (Phi) is 6.58. The largest absolute Gasteiger partial charge is 0.461 e. The van der Waals surface area contributed by atoms with E-state index in [0.29, 0.717) is 29.6 Å². The molecule has 0 aromatic rings. The lowest BCUT2D eigenvalue weighted by Gasteiger charge is -2.61. The van der Waals surface area contributed by atoms with Crippen LogP contribution in [0.15, 0.2) is 0 Å². The number of hydrogen-bond donors (Lipinski definition) is 2. The number of rotatable bonds is 6. The molecule has 31 heavy (non-hydrogen) atoms. The summed E-state index contributed by atoms with van der Waals surface area (Å²) >= 11 is 0. The van der Waals surface area contributed by atoms with Crippen LogP contribution in [0.3, 0.4) is 0 Å². The van der Waals surface area contributed by atoms with E-state index in [2.05, 4.69) is 19.2 Å². The summed E-state index contributed by atoms with van der Waals surface area (Å²) in [6.07, 6.45) is 10.5. The summed E-state index contributed by atoms with van der Waals surface area (Å²) in [4.78, 5) is 24.8. The molecular weight excluding hydrogens is 390 g/mol. The molecule has 4 aliphatic rings. The Morgan fingerprint density at radius 2 is 1.74 bits per heavy atom. The van der Waals surface area contributed by atoms with Crippen molar-refractivity contribution in [2.24, 2.45) is 40.4 Å². The molecular formula is C26H43NO4. The SMILES string of the molecule is CC(=O)[C@H]1CC[C@H]2[C@@H]3CC[C@H]4C[C@H](OC(=O)C(C)NCCO)CC[C@]4(C)[C@H]3CC[C@]12C. The lowest BCUT2D eigenvalue weighted by molar-refractivity contribution is -0.164.